The van der Waals surface area contributed by atoms with Gasteiger partial charge in [-0.25, -0.2) is 22.5 Å². The summed E-state index contributed by atoms with van der Waals surface area (Å²) in [5.74, 6) is 0. The number of aliphatic hydroxyl groups excluding tert-OH is 2. The maximum Gasteiger partial charge on any atom is 0.479 e. The second kappa shape index (κ2) is 8.86. The van der Waals surface area contributed by atoms with E-state index in [9.17, 15) is 38.7 Å². The molecule has 1 aliphatic heterocycles. The molecule has 29 heavy (non-hydrogen) atoms. The lowest BCUT2D eigenvalue weighted by molar-refractivity contribution is -0.0541. The van der Waals surface area contributed by atoms with Gasteiger partial charge in [-0.2, -0.15) is 0 Å². The number of nitrogens with zero attached hydrogens (tertiary/aromatic N) is 1. The number of hydrogen-bond donors (Lipinski definition) is 7. The average Bonchev–Trinajstić information content (AvgIpc) is 2.78. The zero-order valence-electron chi connectivity index (χ0n) is 13.8. The minimum absolute atomic E-state index is 0.727. The van der Waals surface area contributed by atoms with E-state index in [1.807, 2.05) is 4.98 Å². The number of aromatic nitrogens is 2. The van der Waals surface area contributed by atoms with Crippen LogP contribution in [0.15, 0.2) is 21.9 Å². The fourth-order valence-electron chi connectivity index (χ4n) is 2.20. The standard InChI is InChI=1S/C9H15N2O14P3S/c12-5-1-2-11(9(15)10-5)8-7(14)6(13)4(23-8)3-22-27(19,20)25-28(21,29)24-26(16,17)18/h1-2,4,6-8,13-14H,3H2,(H,19,20)(H,21,29)(H,10,12,15)(H2,16,17,18)/t4-,6-,7-,8-,28?/m1/s1. The number of ether oxygens (including phenoxy) is 1. The quantitative estimate of drug-likeness (QED) is 0.184. The second-order valence-electron chi connectivity index (χ2n) is 5.45. The van der Waals surface area contributed by atoms with Crippen LogP contribution >= 0.6 is 22.4 Å². The summed E-state index contributed by atoms with van der Waals surface area (Å²) in [4.78, 5) is 60.8. The predicted octanol–water partition coefficient (Wildman–Crippen LogP) is -2.38. The van der Waals surface area contributed by atoms with Gasteiger partial charge in [0.05, 0.1) is 6.61 Å². The Morgan fingerprint density at radius 1 is 1.14 bits per heavy atom. The molecule has 1 fully saturated rings. The number of phosphoric acid groups is 2. The molecule has 1 aliphatic rings. The molecule has 0 amide bonds. The lowest BCUT2D eigenvalue weighted by Gasteiger charge is -2.20. The van der Waals surface area contributed by atoms with Crippen molar-refractivity contribution in [2.45, 2.75) is 24.5 Å². The van der Waals surface area contributed by atoms with Crippen LogP contribution in [-0.2, 0) is 38.8 Å². The molecule has 1 aromatic heterocycles. The van der Waals surface area contributed by atoms with Crippen molar-refractivity contribution in [3.8, 4) is 0 Å². The number of nitrogens with one attached hydrogen (secondary N) is 1. The summed E-state index contributed by atoms with van der Waals surface area (Å²) in [6.07, 6.45) is -5.47. The Labute approximate surface area is 165 Å². The van der Waals surface area contributed by atoms with Gasteiger partial charge in [-0.15, -0.1) is 0 Å². The molecule has 0 radical (unpaired) electrons. The highest BCUT2D eigenvalue weighted by Crippen LogP contribution is 2.66. The van der Waals surface area contributed by atoms with Gasteiger partial charge < -0.3 is 34.5 Å². The molecule has 0 aromatic carbocycles. The maximum atomic E-state index is 11.8. The topological polar surface area (TPSA) is 247 Å². The van der Waals surface area contributed by atoms with Gasteiger partial charge >= 0.3 is 28.1 Å². The number of H-pyrrole nitrogens is 1. The molecular formula is C9H15N2O14P3S. The number of phosphoric ester groups is 1. The Morgan fingerprint density at radius 3 is 2.31 bits per heavy atom. The molecule has 0 bridgehead atoms. The van der Waals surface area contributed by atoms with E-state index in [2.05, 4.69) is 25.0 Å². The summed E-state index contributed by atoms with van der Waals surface area (Å²) >= 11 is 4.17. The van der Waals surface area contributed by atoms with E-state index in [-0.39, 0.29) is 0 Å². The van der Waals surface area contributed by atoms with E-state index < -0.39 is 64.8 Å². The molecule has 2 unspecified atom stereocenters. The third-order valence-corrected chi connectivity index (χ3v) is 8.28. The summed E-state index contributed by atoms with van der Waals surface area (Å²) in [7, 11) is -10.6. The van der Waals surface area contributed by atoms with Gasteiger partial charge in [-0.05, 0) is 11.8 Å². The average molecular weight is 500 g/mol. The van der Waals surface area contributed by atoms with Crippen molar-refractivity contribution in [2.75, 3.05) is 6.61 Å². The molecule has 6 atom stereocenters. The minimum Gasteiger partial charge on any atom is -0.387 e. The Hall–Kier alpha value is -0.610. The van der Waals surface area contributed by atoms with Crippen LogP contribution in [0.2, 0.25) is 0 Å². The molecule has 16 nitrogen and oxygen atoms in total. The van der Waals surface area contributed by atoms with Crippen LogP contribution in [0.4, 0.5) is 0 Å². The second-order valence-corrected chi connectivity index (χ2v) is 11.3. The van der Waals surface area contributed by atoms with Crippen molar-refractivity contribution in [1.82, 2.24) is 9.55 Å². The normalized spacial score (nSPS) is 29.3. The molecule has 1 saturated heterocycles. The lowest BCUT2D eigenvalue weighted by atomic mass is 10.1. The zero-order chi connectivity index (χ0) is 22.2. The smallest absolute Gasteiger partial charge is 0.387 e. The Bertz CT molecular complexity index is 1000. The molecular weight excluding hydrogens is 485 g/mol. The van der Waals surface area contributed by atoms with Gasteiger partial charge in [0.1, 0.15) is 18.3 Å². The molecule has 166 valence electrons. The largest absolute Gasteiger partial charge is 0.479 e. The summed E-state index contributed by atoms with van der Waals surface area (Å²) in [5, 5.41) is 20.0. The number of aromatic amines is 1. The highest BCUT2D eigenvalue weighted by Gasteiger charge is 2.46. The fourth-order valence-corrected chi connectivity index (χ4v) is 6.77. The molecule has 2 rings (SSSR count). The van der Waals surface area contributed by atoms with Crippen LogP contribution in [0.1, 0.15) is 6.23 Å². The number of aliphatic hydroxyl groups is 2. The van der Waals surface area contributed by atoms with Crippen LogP contribution in [0.3, 0.4) is 0 Å². The first-order valence-electron chi connectivity index (χ1n) is 7.22. The molecule has 1 aromatic rings. The third-order valence-electron chi connectivity index (χ3n) is 3.28. The summed E-state index contributed by atoms with van der Waals surface area (Å²) in [6.45, 7) is -5.85. The number of rotatable bonds is 8. The Kier molecular flexibility index (Phi) is 7.54. The van der Waals surface area contributed by atoms with Gasteiger partial charge in [0, 0.05) is 12.3 Å². The monoisotopic (exact) mass is 500 g/mol. The minimum atomic E-state index is -5.35. The third kappa shape index (κ3) is 6.95. The first-order chi connectivity index (χ1) is 13.1. The molecule has 0 spiro atoms. The lowest BCUT2D eigenvalue weighted by Crippen LogP contribution is -2.37. The maximum absolute atomic E-state index is 11.8. The van der Waals surface area contributed by atoms with Crippen molar-refractivity contribution < 1.29 is 56.8 Å². The van der Waals surface area contributed by atoms with Gasteiger partial charge in [0.2, 0.25) is 0 Å². The van der Waals surface area contributed by atoms with Crippen LogP contribution in [0.5, 0.6) is 0 Å². The van der Waals surface area contributed by atoms with E-state index in [1.165, 1.54) is 0 Å². The van der Waals surface area contributed by atoms with Crippen molar-refractivity contribution in [3.63, 3.8) is 0 Å². The number of hydrogen-bond acceptors (Lipinski definition) is 11. The van der Waals surface area contributed by atoms with Crippen LogP contribution < -0.4 is 11.2 Å². The molecule has 0 saturated carbocycles. The first kappa shape index (κ1) is 24.7. The fraction of sp³-hybridized carbons (Fsp3) is 0.556. The molecule has 7 N–H and O–H groups in total. The van der Waals surface area contributed by atoms with Gasteiger partial charge in [0.15, 0.2) is 6.23 Å². The summed E-state index contributed by atoms with van der Waals surface area (Å²) in [6, 6.07) is 0.943. The molecule has 0 aliphatic carbocycles. The van der Waals surface area contributed by atoms with Gasteiger partial charge in [0.25, 0.3) is 5.56 Å². The summed E-state index contributed by atoms with van der Waals surface area (Å²) in [5.41, 5.74) is -1.70. The molecule has 2 heterocycles. The van der Waals surface area contributed by atoms with Crippen molar-refractivity contribution in [2.24, 2.45) is 0 Å². The van der Waals surface area contributed by atoms with E-state index in [0.29, 0.717) is 0 Å². The zero-order valence-corrected chi connectivity index (χ0v) is 17.3. The van der Waals surface area contributed by atoms with Gasteiger partial charge in [-0.3, -0.25) is 18.9 Å². The van der Waals surface area contributed by atoms with E-state index >= 15 is 0 Å². The van der Waals surface area contributed by atoms with E-state index in [1.54, 1.807) is 0 Å². The van der Waals surface area contributed by atoms with E-state index in [0.717, 1.165) is 16.8 Å². The van der Waals surface area contributed by atoms with Crippen LogP contribution in [0, 0.1) is 0 Å². The highest BCUT2D eigenvalue weighted by molar-refractivity contribution is 8.09. The van der Waals surface area contributed by atoms with Crippen molar-refractivity contribution in [1.29, 1.82) is 0 Å². The first-order valence-corrected chi connectivity index (χ1v) is 12.8. The van der Waals surface area contributed by atoms with Gasteiger partial charge in [-0.1, -0.05) is 0 Å². The molecule has 20 heteroatoms. The van der Waals surface area contributed by atoms with Crippen molar-refractivity contribution in [3.05, 3.63) is 33.1 Å². The van der Waals surface area contributed by atoms with Crippen LogP contribution in [-0.4, -0.2) is 64.3 Å². The van der Waals surface area contributed by atoms with Crippen LogP contribution in [0.25, 0.3) is 0 Å². The Balaban J connectivity index is 2.06. The van der Waals surface area contributed by atoms with Crippen molar-refractivity contribution >= 4 is 34.2 Å². The highest BCUT2D eigenvalue weighted by atomic mass is 32.5. The predicted molar refractivity (Wildman–Crippen MR) is 93.7 cm³/mol. The van der Waals surface area contributed by atoms with E-state index in [4.69, 9.17) is 14.5 Å². The Morgan fingerprint density at radius 2 is 1.76 bits per heavy atom. The SMILES string of the molecule is O=c1ccn([C@@H]2O[C@H](COP(=O)(O)OP(O)(=S)OP(=O)(O)O)[C@@H](O)[C@H]2O)c(=O)[nH]1. The summed E-state index contributed by atoms with van der Waals surface area (Å²) < 4.78 is 40.5.